The highest BCUT2D eigenvalue weighted by Crippen LogP contribution is 2.37. The van der Waals surface area contributed by atoms with Gasteiger partial charge in [-0.1, -0.05) is 17.7 Å². The van der Waals surface area contributed by atoms with Gasteiger partial charge in [0.1, 0.15) is 0 Å². The van der Waals surface area contributed by atoms with Gasteiger partial charge in [0.15, 0.2) is 11.6 Å². The Bertz CT molecular complexity index is 571. The van der Waals surface area contributed by atoms with Crippen LogP contribution in [-0.2, 0) is 0 Å². The van der Waals surface area contributed by atoms with Crippen molar-refractivity contribution >= 4 is 38.9 Å². The molecule has 0 aliphatic heterocycles. The molecule has 2 nitrogen and oxygen atoms in total. The summed E-state index contributed by atoms with van der Waals surface area (Å²) in [6, 6.07) is 6.71. The van der Waals surface area contributed by atoms with Crippen molar-refractivity contribution in [1.82, 2.24) is 5.32 Å². The van der Waals surface area contributed by atoms with Crippen molar-refractivity contribution in [3.8, 4) is 5.75 Å². The van der Waals surface area contributed by atoms with Gasteiger partial charge in [0.05, 0.1) is 22.0 Å². The summed E-state index contributed by atoms with van der Waals surface area (Å²) in [6.45, 7) is 0. The number of benzene rings is 1. The van der Waals surface area contributed by atoms with Gasteiger partial charge >= 0.3 is 0 Å². The molecule has 0 fully saturated rings. The van der Waals surface area contributed by atoms with Crippen LogP contribution in [0.25, 0.3) is 0 Å². The molecule has 19 heavy (non-hydrogen) atoms. The standard InChI is InChI=1S/C13H12BrClFNOS/c1-17-12(11-6-8(15)13(14)19-11)7-3-4-10(18-2)9(16)5-7/h3-6,12,17H,1-2H3. The third kappa shape index (κ3) is 3.11. The summed E-state index contributed by atoms with van der Waals surface area (Å²) in [5, 5.41) is 3.82. The zero-order chi connectivity index (χ0) is 14.0. The maximum atomic E-state index is 13.8. The number of methoxy groups -OCH3 is 1. The van der Waals surface area contributed by atoms with Gasteiger partial charge in [-0.25, -0.2) is 4.39 Å². The van der Waals surface area contributed by atoms with Crippen LogP contribution in [0.1, 0.15) is 16.5 Å². The molecule has 2 rings (SSSR count). The zero-order valence-electron chi connectivity index (χ0n) is 10.3. The van der Waals surface area contributed by atoms with Gasteiger partial charge < -0.3 is 10.1 Å². The lowest BCUT2D eigenvalue weighted by atomic mass is 10.1. The van der Waals surface area contributed by atoms with Crippen molar-refractivity contribution in [1.29, 1.82) is 0 Å². The Morgan fingerprint density at radius 1 is 1.42 bits per heavy atom. The molecule has 1 aromatic carbocycles. The Hall–Kier alpha value is -0.620. The molecule has 1 atom stereocenters. The second-order valence-corrected chi connectivity index (χ2v) is 6.69. The van der Waals surface area contributed by atoms with Crippen molar-refractivity contribution in [3.63, 3.8) is 0 Å². The van der Waals surface area contributed by atoms with Crippen LogP contribution in [0.3, 0.4) is 0 Å². The summed E-state index contributed by atoms with van der Waals surface area (Å²) in [7, 11) is 3.28. The lowest BCUT2D eigenvalue weighted by Crippen LogP contribution is -2.16. The van der Waals surface area contributed by atoms with E-state index in [9.17, 15) is 4.39 Å². The van der Waals surface area contributed by atoms with E-state index in [1.165, 1.54) is 24.5 Å². The maximum absolute atomic E-state index is 13.8. The third-order valence-electron chi connectivity index (χ3n) is 2.75. The van der Waals surface area contributed by atoms with Crippen LogP contribution in [0.4, 0.5) is 4.39 Å². The molecule has 1 unspecified atom stereocenters. The quantitative estimate of drug-likeness (QED) is 0.854. The summed E-state index contributed by atoms with van der Waals surface area (Å²) < 4.78 is 19.6. The fourth-order valence-electron chi connectivity index (χ4n) is 1.84. The fraction of sp³-hybridized carbons (Fsp3) is 0.231. The van der Waals surface area contributed by atoms with E-state index in [0.29, 0.717) is 5.02 Å². The number of rotatable bonds is 4. The Morgan fingerprint density at radius 3 is 2.63 bits per heavy atom. The molecule has 102 valence electrons. The van der Waals surface area contributed by atoms with Gasteiger partial charge in [-0.2, -0.15) is 0 Å². The van der Waals surface area contributed by atoms with E-state index >= 15 is 0 Å². The lowest BCUT2D eigenvalue weighted by molar-refractivity contribution is 0.386. The van der Waals surface area contributed by atoms with Crippen molar-refractivity contribution in [2.45, 2.75) is 6.04 Å². The molecule has 1 aromatic heterocycles. The number of ether oxygens (including phenoxy) is 1. The Labute approximate surface area is 128 Å². The molecule has 0 saturated heterocycles. The number of thiophene rings is 1. The van der Waals surface area contributed by atoms with E-state index in [-0.39, 0.29) is 17.6 Å². The largest absolute Gasteiger partial charge is 0.494 e. The number of nitrogens with one attached hydrogen (secondary N) is 1. The monoisotopic (exact) mass is 363 g/mol. The molecule has 0 bridgehead atoms. The Morgan fingerprint density at radius 2 is 2.16 bits per heavy atom. The van der Waals surface area contributed by atoms with Crippen LogP contribution in [0.15, 0.2) is 28.1 Å². The average molecular weight is 365 g/mol. The third-order valence-corrected chi connectivity index (χ3v) is 5.29. The van der Waals surface area contributed by atoms with Gasteiger partial charge in [0.25, 0.3) is 0 Å². The summed E-state index contributed by atoms with van der Waals surface area (Å²) in [4.78, 5) is 1.02. The van der Waals surface area contributed by atoms with Crippen LogP contribution in [0, 0.1) is 5.82 Å². The van der Waals surface area contributed by atoms with Gasteiger partial charge in [-0.3, -0.25) is 0 Å². The van der Waals surface area contributed by atoms with Gasteiger partial charge in [0.2, 0.25) is 0 Å². The highest BCUT2D eigenvalue weighted by molar-refractivity contribution is 9.11. The SMILES string of the molecule is CNC(c1ccc(OC)c(F)c1)c1cc(Cl)c(Br)s1. The van der Waals surface area contributed by atoms with E-state index in [1.807, 2.05) is 19.2 Å². The minimum absolute atomic E-state index is 0.103. The molecular formula is C13H12BrClFNOS. The van der Waals surface area contributed by atoms with Crippen LogP contribution < -0.4 is 10.1 Å². The molecule has 0 radical (unpaired) electrons. The maximum Gasteiger partial charge on any atom is 0.165 e. The van der Waals surface area contributed by atoms with Crippen molar-refractivity contribution in [3.05, 3.63) is 49.3 Å². The molecule has 6 heteroatoms. The highest BCUT2D eigenvalue weighted by atomic mass is 79.9. The number of halogens is 3. The van der Waals surface area contributed by atoms with E-state index in [1.54, 1.807) is 6.07 Å². The number of hydrogen-bond acceptors (Lipinski definition) is 3. The second-order valence-electron chi connectivity index (χ2n) is 3.89. The second kappa shape index (κ2) is 6.22. The molecule has 0 spiro atoms. The predicted octanol–water partition coefficient (Wildman–Crippen LogP) is 4.62. The summed E-state index contributed by atoms with van der Waals surface area (Å²) in [5.74, 6) is -0.133. The first-order valence-corrected chi connectivity index (χ1v) is 7.51. The average Bonchev–Trinajstić information content (AvgIpc) is 2.70. The van der Waals surface area contributed by atoms with Crippen LogP contribution in [-0.4, -0.2) is 14.2 Å². The minimum atomic E-state index is -0.373. The van der Waals surface area contributed by atoms with Crippen LogP contribution in [0.5, 0.6) is 5.75 Å². The molecule has 0 aliphatic carbocycles. The smallest absolute Gasteiger partial charge is 0.165 e. The molecule has 0 aliphatic rings. The fourth-order valence-corrected chi connectivity index (χ4v) is 3.73. The van der Waals surface area contributed by atoms with E-state index in [4.69, 9.17) is 16.3 Å². The van der Waals surface area contributed by atoms with E-state index < -0.39 is 0 Å². The molecule has 0 amide bonds. The lowest BCUT2D eigenvalue weighted by Gasteiger charge is -2.15. The first-order valence-electron chi connectivity index (χ1n) is 5.52. The first-order chi connectivity index (χ1) is 9.06. The van der Waals surface area contributed by atoms with Crippen molar-refractivity contribution in [2.75, 3.05) is 14.2 Å². The van der Waals surface area contributed by atoms with Crippen molar-refractivity contribution in [2.24, 2.45) is 0 Å². The molecule has 2 aromatic rings. The van der Waals surface area contributed by atoms with Crippen LogP contribution in [0.2, 0.25) is 5.02 Å². The van der Waals surface area contributed by atoms with E-state index in [0.717, 1.165) is 14.2 Å². The molecule has 1 heterocycles. The van der Waals surface area contributed by atoms with Gasteiger partial charge in [-0.15, -0.1) is 11.3 Å². The van der Waals surface area contributed by atoms with Gasteiger partial charge in [-0.05, 0) is 46.7 Å². The topological polar surface area (TPSA) is 21.3 Å². The highest BCUT2D eigenvalue weighted by Gasteiger charge is 2.18. The number of hydrogen-bond donors (Lipinski definition) is 1. The van der Waals surface area contributed by atoms with Gasteiger partial charge in [0, 0.05) is 4.88 Å². The predicted molar refractivity (Wildman–Crippen MR) is 80.9 cm³/mol. The summed E-state index contributed by atoms with van der Waals surface area (Å²) in [6.07, 6.45) is 0. The molecule has 1 N–H and O–H groups in total. The Kier molecular flexibility index (Phi) is 4.84. The first kappa shape index (κ1) is 14.8. The molecule has 0 saturated carbocycles. The summed E-state index contributed by atoms with van der Waals surface area (Å²) >= 11 is 11.0. The Balaban J connectivity index is 2.39. The zero-order valence-corrected chi connectivity index (χ0v) is 13.5. The normalized spacial score (nSPS) is 12.5. The minimum Gasteiger partial charge on any atom is -0.494 e. The van der Waals surface area contributed by atoms with Crippen molar-refractivity contribution < 1.29 is 9.13 Å². The summed E-state index contributed by atoms with van der Waals surface area (Å²) in [5.41, 5.74) is 0.825. The van der Waals surface area contributed by atoms with E-state index in [2.05, 4.69) is 21.2 Å². The van der Waals surface area contributed by atoms with Crippen LogP contribution >= 0.6 is 38.9 Å². The molecular weight excluding hydrogens is 353 g/mol.